The van der Waals surface area contributed by atoms with Crippen molar-refractivity contribution in [2.45, 2.75) is 18.6 Å². The molecule has 7 heteroatoms. The number of carboxylic acids is 1. The van der Waals surface area contributed by atoms with E-state index in [1.54, 1.807) is 0 Å². The van der Waals surface area contributed by atoms with Crippen LogP contribution in [-0.2, 0) is 14.8 Å². The Balaban J connectivity index is 4.65. The van der Waals surface area contributed by atoms with Crippen LogP contribution in [0.4, 0.5) is 0 Å². The zero-order valence-electron chi connectivity index (χ0n) is 5.94. The van der Waals surface area contributed by atoms with Gasteiger partial charge in [-0.15, -0.1) is 0 Å². The van der Waals surface area contributed by atoms with Crippen LogP contribution in [0.5, 0.6) is 0 Å². The number of hydrazine groups is 1. The molecule has 6 nitrogen and oxygen atoms in total. The zero-order valence-corrected chi connectivity index (χ0v) is 6.76. The number of hydrogen-bond acceptors (Lipinski definition) is 4. The largest absolute Gasteiger partial charge is 0.480 e. The van der Waals surface area contributed by atoms with Crippen LogP contribution >= 0.6 is 0 Å². The molecule has 66 valence electrons. The Morgan fingerprint density at radius 1 is 1.73 bits per heavy atom. The molecule has 0 saturated carbocycles. The first-order chi connectivity index (χ1) is 4.95. The van der Waals surface area contributed by atoms with Crippen molar-refractivity contribution in [2.24, 2.45) is 5.84 Å². The molecule has 0 saturated heterocycles. The summed E-state index contributed by atoms with van der Waals surface area (Å²) < 4.78 is 21.5. The summed E-state index contributed by atoms with van der Waals surface area (Å²) in [5.74, 6) is 3.22. The molecule has 0 radical (unpaired) electrons. The Hall–Kier alpha value is -0.660. The molecule has 1 atom stereocenters. The molecule has 0 aromatic heterocycles. The fraction of sp³-hybridized carbons (Fsp3) is 0.750. The van der Waals surface area contributed by atoms with Crippen LogP contribution in [0.2, 0.25) is 0 Å². The molecule has 0 aromatic rings. The van der Waals surface area contributed by atoms with E-state index in [4.69, 9.17) is 5.11 Å². The lowest BCUT2D eigenvalue weighted by Gasteiger charge is -2.08. The van der Waals surface area contributed by atoms with E-state index in [2.05, 4.69) is 5.84 Å². The highest BCUT2D eigenvalue weighted by Gasteiger charge is 2.29. The third-order valence-electron chi connectivity index (χ3n) is 1.19. The van der Waals surface area contributed by atoms with Crippen LogP contribution in [0, 0.1) is 0 Å². The zero-order chi connectivity index (χ0) is 9.07. The number of nitrogens with two attached hydrogens (primary N) is 1. The van der Waals surface area contributed by atoms with E-state index in [9.17, 15) is 13.2 Å². The molecule has 4 N–H and O–H groups in total. The smallest absolute Gasteiger partial charge is 0.323 e. The van der Waals surface area contributed by atoms with Crippen LogP contribution in [-0.4, -0.2) is 24.7 Å². The highest BCUT2D eigenvalue weighted by molar-refractivity contribution is 7.90. The van der Waals surface area contributed by atoms with E-state index >= 15 is 0 Å². The number of sulfonamides is 1. The maximum atomic E-state index is 10.8. The predicted octanol–water partition coefficient (Wildman–Crippen LogP) is -1.36. The van der Waals surface area contributed by atoms with E-state index in [1.165, 1.54) is 11.8 Å². The maximum Gasteiger partial charge on any atom is 0.323 e. The number of nitrogens with one attached hydrogen (secondary N) is 1. The molecular formula is C4H10N2O4S. The maximum absolute atomic E-state index is 10.8. The van der Waals surface area contributed by atoms with Gasteiger partial charge in [0, 0.05) is 0 Å². The Morgan fingerprint density at radius 2 is 2.18 bits per heavy atom. The summed E-state index contributed by atoms with van der Waals surface area (Å²) in [5.41, 5.74) is 0. The van der Waals surface area contributed by atoms with Gasteiger partial charge in [-0.3, -0.25) is 10.6 Å². The molecule has 0 aliphatic carbocycles. The number of aliphatic carboxylic acids is 1. The lowest BCUT2D eigenvalue weighted by atomic mass is 10.3. The van der Waals surface area contributed by atoms with Gasteiger partial charge in [-0.25, -0.2) is 8.42 Å². The summed E-state index contributed by atoms with van der Waals surface area (Å²) in [6.45, 7) is 1.45. The van der Waals surface area contributed by atoms with Gasteiger partial charge < -0.3 is 5.11 Å². The molecule has 1 unspecified atom stereocenters. The van der Waals surface area contributed by atoms with Gasteiger partial charge in [-0.2, -0.15) is 4.83 Å². The van der Waals surface area contributed by atoms with Crippen LogP contribution in [0.25, 0.3) is 0 Å². The van der Waals surface area contributed by atoms with Crippen molar-refractivity contribution in [1.29, 1.82) is 0 Å². The highest BCUT2D eigenvalue weighted by atomic mass is 32.2. The summed E-state index contributed by atoms with van der Waals surface area (Å²) >= 11 is 0. The van der Waals surface area contributed by atoms with Crippen LogP contribution < -0.4 is 10.7 Å². The van der Waals surface area contributed by atoms with Crippen molar-refractivity contribution in [1.82, 2.24) is 4.83 Å². The molecule has 0 rings (SSSR count). The average Bonchev–Trinajstić information content (AvgIpc) is 1.88. The van der Waals surface area contributed by atoms with Crippen LogP contribution in [0.1, 0.15) is 13.3 Å². The van der Waals surface area contributed by atoms with Gasteiger partial charge in [0.2, 0.25) is 10.0 Å². The second-order valence-corrected chi connectivity index (χ2v) is 3.79. The van der Waals surface area contributed by atoms with Crippen molar-refractivity contribution in [3.05, 3.63) is 0 Å². The molecule has 0 bridgehead atoms. The quantitative estimate of drug-likeness (QED) is 0.367. The molecule has 0 aliphatic heterocycles. The lowest BCUT2D eigenvalue weighted by Crippen LogP contribution is -2.42. The van der Waals surface area contributed by atoms with Crippen molar-refractivity contribution in [3.63, 3.8) is 0 Å². The number of carboxylic acid groups (broad SMARTS) is 1. The van der Waals surface area contributed by atoms with Crippen LogP contribution in [0.3, 0.4) is 0 Å². The summed E-state index contributed by atoms with van der Waals surface area (Å²) in [5, 5.41) is 6.90. The SMILES string of the molecule is CCC(C(=O)O)S(=O)(=O)NN. The lowest BCUT2D eigenvalue weighted by molar-refractivity contribution is -0.136. The fourth-order valence-corrected chi connectivity index (χ4v) is 1.48. The third kappa shape index (κ3) is 2.45. The van der Waals surface area contributed by atoms with E-state index in [1.807, 2.05) is 0 Å². The molecular weight excluding hydrogens is 172 g/mol. The summed E-state index contributed by atoms with van der Waals surface area (Å²) in [6, 6.07) is 0. The Kier molecular flexibility index (Phi) is 3.43. The van der Waals surface area contributed by atoms with Crippen molar-refractivity contribution < 1.29 is 18.3 Å². The van der Waals surface area contributed by atoms with Crippen molar-refractivity contribution in [2.75, 3.05) is 0 Å². The first-order valence-corrected chi connectivity index (χ1v) is 4.44. The van der Waals surface area contributed by atoms with E-state index in [0.29, 0.717) is 0 Å². The van der Waals surface area contributed by atoms with Gasteiger partial charge in [0.1, 0.15) is 0 Å². The second kappa shape index (κ2) is 3.65. The van der Waals surface area contributed by atoms with Gasteiger partial charge >= 0.3 is 5.97 Å². The van der Waals surface area contributed by atoms with Gasteiger partial charge in [0.05, 0.1) is 0 Å². The Labute approximate surface area is 64.4 Å². The predicted molar refractivity (Wildman–Crippen MR) is 38.0 cm³/mol. The van der Waals surface area contributed by atoms with Crippen molar-refractivity contribution >= 4 is 16.0 Å². The minimum atomic E-state index is -3.88. The molecule has 0 aromatic carbocycles. The number of hydrogen-bond donors (Lipinski definition) is 3. The fourth-order valence-electron chi connectivity index (χ4n) is 0.609. The topological polar surface area (TPSA) is 109 Å². The Morgan fingerprint density at radius 3 is 2.27 bits per heavy atom. The number of rotatable bonds is 4. The normalized spacial score (nSPS) is 14.4. The highest BCUT2D eigenvalue weighted by Crippen LogP contribution is 2.02. The van der Waals surface area contributed by atoms with E-state index in [-0.39, 0.29) is 6.42 Å². The first-order valence-electron chi connectivity index (χ1n) is 2.89. The van der Waals surface area contributed by atoms with Gasteiger partial charge in [0.15, 0.2) is 5.25 Å². The first kappa shape index (κ1) is 10.3. The molecule has 11 heavy (non-hydrogen) atoms. The van der Waals surface area contributed by atoms with Gasteiger partial charge in [0.25, 0.3) is 0 Å². The monoisotopic (exact) mass is 182 g/mol. The molecule has 0 spiro atoms. The van der Waals surface area contributed by atoms with Gasteiger partial charge in [-0.1, -0.05) is 6.92 Å². The minimum Gasteiger partial charge on any atom is -0.480 e. The minimum absolute atomic E-state index is 0.0120. The second-order valence-electron chi connectivity index (χ2n) is 1.90. The van der Waals surface area contributed by atoms with Crippen LogP contribution in [0.15, 0.2) is 0 Å². The average molecular weight is 182 g/mol. The van der Waals surface area contributed by atoms with Gasteiger partial charge in [-0.05, 0) is 6.42 Å². The third-order valence-corrected chi connectivity index (χ3v) is 2.80. The molecule has 0 heterocycles. The molecule has 0 fully saturated rings. The Bertz CT molecular complexity index is 234. The summed E-state index contributed by atoms with van der Waals surface area (Å²) in [6.07, 6.45) is -0.0120. The standard InChI is InChI=1S/C4H10N2O4S/c1-2-3(4(7)8)11(9,10)6-5/h3,6H,2,5H2,1H3,(H,7,8). The summed E-state index contributed by atoms with van der Waals surface area (Å²) in [4.78, 5) is 11.7. The molecule has 0 aliphatic rings. The number of carbonyl (C=O) groups is 1. The summed E-state index contributed by atoms with van der Waals surface area (Å²) in [7, 11) is -3.88. The molecule has 0 amide bonds. The van der Waals surface area contributed by atoms with Crippen molar-refractivity contribution in [3.8, 4) is 0 Å². The van der Waals surface area contributed by atoms with E-state index < -0.39 is 21.2 Å². The van der Waals surface area contributed by atoms with E-state index in [0.717, 1.165) is 0 Å².